The van der Waals surface area contributed by atoms with E-state index in [0.29, 0.717) is 18.4 Å². The molecule has 37 heavy (non-hydrogen) atoms. The normalized spacial score (nSPS) is 14.5. The summed E-state index contributed by atoms with van der Waals surface area (Å²) in [5, 5.41) is 11.8. The summed E-state index contributed by atoms with van der Waals surface area (Å²) >= 11 is 1.57. The third kappa shape index (κ3) is 6.43. The maximum atomic E-state index is 12.1. The highest BCUT2D eigenvalue weighted by atomic mass is 32.2. The summed E-state index contributed by atoms with van der Waals surface area (Å²) in [6, 6.07) is 14.1. The fourth-order valence-electron chi connectivity index (χ4n) is 4.77. The first-order valence-corrected chi connectivity index (χ1v) is 13.4. The van der Waals surface area contributed by atoms with Crippen LogP contribution < -0.4 is 4.74 Å². The number of carbonyl (C=O) groups excluding carboxylic acids is 2. The van der Waals surface area contributed by atoms with Crippen LogP contribution in [0.5, 0.6) is 5.88 Å². The van der Waals surface area contributed by atoms with E-state index >= 15 is 0 Å². The van der Waals surface area contributed by atoms with Crippen molar-refractivity contribution in [3.63, 3.8) is 0 Å². The molecule has 4 rings (SSSR count). The van der Waals surface area contributed by atoms with Crippen molar-refractivity contribution in [2.45, 2.75) is 61.2 Å². The minimum Gasteiger partial charge on any atom is -0.480 e. The molecule has 1 aliphatic carbocycles. The van der Waals surface area contributed by atoms with Gasteiger partial charge < -0.3 is 19.3 Å². The Balaban J connectivity index is 1.64. The monoisotopic (exact) mass is 523 g/mol. The smallest absolute Gasteiger partial charge is 0.343 e. The molecule has 8 heteroatoms. The maximum Gasteiger partial charge on any atom is 0.343 e. The number of aryl methyl sites for hydroxylation is 2. The van der Waals surface area contributed by atoms with Gasteiger partial charge in [-0.2, -0.15) is 0 Å². The lowest BCUT2D eigenvalue weighted by Gasteiger charge is -2.25. The lowest BCUT2D eigenvalue weighted by molar-refractivity contribution is -0.140. The van der Waals surface area contributed by atoms with Crippen LogP contribution in [0.3, 0.4) is 0 Å². The molecule has 2 atom stereocenters. The Labute approximate surface area is 221 Å². The first kappa shape index (κ1) is 26.9. The van der Waals surface area contributed by atoms with Crippen molar-refractivity contribution in [1.82, 2.24) is 4.98 Å². The number of hydrogen-bond donors (Lipinski definition) is 1. The van der Waals surface area contributed by atoms with Crippen LogP contribution in [-0.4, -0.2) is 49.5 Å². The van der Waals surface area contributed by atoms with Gasteiger partial charge in [-0.3, -0.25) is 4.79 Å². The summed E-state index contributed by atoms with van der Waals surface area (Å²) in [5.41, 5.74) is 4.77. The van der Waals surface area contributed by atoms with Crippen LogP contribution >= 0.6 is 11.8 Å². The molecule has 0 bridgehead atoms. The highest BCUT2D eigenvalue weighted by Gasteiger charge is 2.25. The van der Waals surface area contributed by atoms with Crippen molar-refractivity contribution in [3.05, 3.63) is 64.7 Å². The van der Waals surface area contributed by atoms with E-state index in [2.05, 4.69) is 23.2 Å². The summed E-state index contributed by atoms with van der Waals surface area (Å²) in [6.45, 7) is 0. The molecule has 0 aliphatic heterocycles. The van der Waals surface area contributed by atoms with Gasteiger partial charge in [-0.25, -0.2) is 9.78 Å². The molecule has 0 saturated carbocycles. The van der Waals surface area contributed by atoms with Gasteiger partial charge in [-0.15, -0.1) is 11.8 Å². The van der Waals surface area contributed by atoms with Crippen molar-refractivity contribution in [2.75, 3.05) is 21.3 Å². The molecular formula is C29H33NO6S. The highest BCUT2D eigenvalue weighted by molar-refractivity contribution is 7.99. The second-order valence-electron chi connectivity index (χ2n) is 9.20. The van der Waals surface area contributed by atoms with Crippen LogP contribution in [0.15, 0.2) is 47.4 Å². The lowest BCUT2D eigenvalue weighted by Crippen LogP contribution is -2.17. The number of rotatable bonds is 10. The average molecular weight is 524 g/mol. The Morgan fingerprint density at radius 1 is 1.00 bits per heavy atom. The van der Waals surface area contributed by atoms with Gasteiger partial charge >= 0.3 is 11.9 Å². The first-order chi connectivity index (χ1) is 17.9. The number of nitrogens with zero attached hydrogens (tertiary/aromatic N) is 1. The number of ether oxygens (including phenoxy) is 3. The van der Waals surface area contributed by atoms with Gasteiger partial charge in [-0.1, -0.05) is 24.3 Å². The van der Waals surface area contributed by atoms with Gasteiger partial charge in [0, 0.05) is 16.7 Å². The molecule has 0 fully saturated rings. The van der Waals surface area contributed by atoms with Crippen molar-refractivity contribution in [2.24, 2.45) is 0 Å². The number of thioether (sulfide) groups is 1. The summed E-state index contributed by atoms with van der Waals surface area (Å²) in [6.07, 6.45) is 5.19. The molecule has 0 amide bonds. The Morgan fingerprint density at radius 3 is 2.51 bits per heavy atom. The Bertz CT molecular complexity index is 1280. The fraction of sp³-hybridized carbons (Fsp3) is 0.414. The standard InChI is InChI=1S/C29H33NO6S/c1-34-26(32)10-6-9-25(31)27(21-12-11-18-7-4-5-8-19(18)15-21)37-22-14-13-20-16-23(29(33)36-3)28(35-2)30-24(20)17-22/h11-17,25,27,31H,4-10H2,1-3H3. The average Bonchev–Trinajstić information content (AvgIpc) is 2.94. The molecule has 1 aliphatic rings. The molecule has 0 saturated heterocycles. The molecule has 1 aromatic heterocycles. The number of aliphatic hydroxyl groups is 1. The molecule has 0 spiro atoms. The van der Waals surface area contributed by atoms with Gasteiger partial charge in [0.15, 0.2) is 0 Å². The zero-order chi connectivity index (χ0) is 26.4. The van der Waals surface area contributed by atoms with Crippen LogP contribution in [0.1, 0.15) is 64.4 Å². The van der Waals surface area contributed by atoms with Crippen LogP contribution in [-0.2, 0) is 27.1 Å². The largest absolute Gasteiger partial charge is 0.480 e. The molecule has 3 aromatic rings. The van der Waals surface area contributed by atoms with Crippen LogP contribution in [0, 0.1) is 0 Å². The van der Waals surface area contributed by atoms with E-state index in [4.69, 9.17) is 14.2 Å². The fourth-order valence-corrected chi connectivity index (χ4v) is 5.96. The van der Waals surface area contributed by atoms with E-state index in [0.717, 1.165) is 28.7 Å². The first-order valence-electron chi connectivity index (χ1n) is 12.5. The summed E-state index contributed by atoms with van der Waals surface area (Å²) < 4.78 is 14.9. The van der Waals surface area contributed by atoms with Crippen molar-refractivity contribution >= 4 is 34.6 Å². The van der Waals surface area contributed by atoms with E-state index < -0.39 is 12.1 Å². The van der Waals surface area contributed by atoms with Crippen LogP contribution in [0.2, 0.25) is 0 Å². The molecule has 196 valence electrons. The van der Waals surface area contributed by atoms with Gasteiger partial charge in [0.2, 0.25) is 5.88 Å². The van der Waals surface area contributed by atoms with Gasteiger partial charge in [0.1, 0.15) is 5.56 Å². The second kappa shape index (κ2) is 12.4. The van der Waals surface area contributed by atoms with Crippen LogP contribution in [0.25, 0.3) is 10.9 Å². The highest BCUT2D eigenvalue weighted by Crippen LogP contribution is 2.41. The topological polar surface area (TPSA) is 95.0 Å². The Morgan fingerprint density at radius 2 is 1.78 bits per heavy atom. The quantitative estimate of drug-likeness (QED) is 0.277. The van der Waals surface area contributed by atoms with Gasteiger partial charge in [0.05, 0.1) is 38.2 Å². The molecule has 1 N–H and O–H groups in total. The van der Waals surface area contributed by atoms with Crippen molar-refractivity contribution < 1.29 is 28.9 Å². The second-order valence-corrected chi connectivity index (χ2v) is 10.4. The molecular weight excluding hydrogens is 490 g/mol. The maximum absolute atomic E-state index is 12.1. The zero-order valence-corrected chi connectivity index (χ0v) is 22.3. The number of pyridine rings is 1. The predicted octanol–water partition coefficient (Wildman–Crippen LogP) is 5.45. The molecule has 2 aromatic carbocycles. The number of esters is 2. The van der Waals surface area contributed by atoms with Gasteiger partial charge in [0.25, 0.3) is 0 Å². The predicted molar refractivity (Wildman–Crippen MR) is 143 cm³/mol. The summed E-state index contributed by atoms with van der Waals surface area (Å²) in [5.74, 6) is -0.575. The van der Waals surface area contributed by atoms with Crippen molar-refractivity contribution in [1.29, 1.82) is 0 Å². The molecule has 1 heterocycles. The van der Waals surface area contributed by atoms with Crippen LogP contribution in [0.4, 0.5) is 0 Å². The zero-order valence-electron chi connectivity index (χ0n) is 21.5. The van der Waals surface area contributed by atoms with E-state index in [9.17, 15) is 14.7 Å². The number of fused-ring (bicyclic) bond motifs is 2. The number of aromatic nitrogens is 1. The van der Waals surface area contributed by atoms with E-state index in [-0.39, 0.29) is 29.1 Å². The van der Waals surface area contributed by atoms with E-state index in [1.807, 2.05) is 18.2 Å². The van der Waals surface area contributed by atoms with E-state index in [1.165, 1.54) is 45.3 Å². The Kier molecular flexibility index (Phi) is 9.05. The number of benzene rings is 2. The van der Waals surface area contributed by atoms with Gasteiger partial charge in [-0.05, 0) is 73.4 Å². The number of aliphatic hydroxyl groups excluding tert-OH is 1. The number of hydrogen-bond acceptors (Lipinski definition) is 8. The summed E-state index contributed by atoms with van der Waals surface area (Å²) in [7, 11) is 4.17. The van der Waals surface area contributed by atoms with E-state index in [1.54, 1.807) is 17.8 Å². The molecule has 0 radical (unpaired) electrons. The lowest BCUT2D eigenvalue weighted by atomic mass is 9.89. The molecule has 2 unspecified atom stereocenters. The minimum absolute atomic E-state index is 0.204. The SMILES string of the molecule is COC(=O)CCCC(O)C(Sc1ccc2cc(C(=O)OC)c(OC)nc2c1)c1ccc2c(c1)CCCC2. The number of methoxy groups -OCH3 is 3. The summed E-state index contributed by atoms with van der Waals surface area (Å²) in [4.78, 5) is 29.2. The molecule has 7 nitrogen and oxygen atoms in total. The minimum atomic E-state index is -0.656. The number of carbonyl (C=O) groups is 2. The third-order valence-electron chi connectivity index (χ3n) is 6.77. The van der Waals surface area contributed by atoms with Crippen molar-refractivity contribution in [3.8, 4) is 5.88 Å². The Hall–Kier alpha value is -3.10. The third-order valence-corrected chi connectivity index (χ3v) is 8.14.